The van der Waals surface area contributed by atoms with Gasteiger partial charge in [-0.1, -0.05) is 54.0 Å². The first-order chi connectivity index (χ1) is 18.9. The number of ether oxygens (including phenoxy) is 3. The van der Waals surface area contributed by atoms with Gasteiger partial charge in [-0.2, -0.15) is 0 Å². The van der Waals surface area contributed by atoms with Gasteiger partial charge in [-0.05, 0) is 60.6 Å². The molecule has 0 fully saturated rings. The highest BCUT2D eigenvalue weighted by molar-refractivity contribution is 5.87. The van der Waals surface area contributed by atoms with Crippen molar-refractivity contribution in [3.63, 3.8) is 0 Å². The van der Waals surface area contributed by atoms with Crippen LogP contribution in [-0.4, -0.2) is 62.5 Å². The molecule has 6 atom stereocenters. The lowest BCUT2D eigenvalue weighted by atomic mass is 9.80. The topological polar surface area (TPSA) is 146 Å². The van der Waals surface area contributed by atoms with E-state index in [1.54, 1.807) is 14.2 Å². The quantitative estimate of drug-likeness (QED) is 0.165. The number of aliphatic hydroxyl groups excluding tert-OH is 1. The lowest BCUT2D eigenvalue weighted by molar-refractivity contribution is -0.132. The zero-order valence-electron chi connectivity index (χ0n) is 26.4. The number of hydrogen-bond acceptors (Lipinski definition) is 7. The van der Waals surface area contributed by atoms with Crippen LogP contribution in [0.15, 0.2) is 18.2 Å². The van der Waals surface area contributed by atoms with Crippen molar-refractivity contribution in [2.24, 2.45) is 41.1 Å². The van der Waals surface area contributed by atoms with Gasteiger partial charge in [0, 0.05) is 32.1 Å². The molecular formula is C31H56ClN3O6. The van der Waals surface area contributed by atoms with Crippen LogP contribution in [-0.2, 0) is 20.7 Å². The molecule has 41 heavy (non-hydrogen) atoms. The molecule has 0 bridgehead atoms. The van der Waals surface area contributed by atoms with Crippen LogP contribution >= 0.6 is 12.4 Å². The van der Waals surface area contributed by atoms with E-state index in [0.29, 0.717) is 43.5 Å². The molecule has 0 unspecified atom stereocenters. The number of nitrogens with two attached hydrogens (primary N) is 2. The summed E-state index contributed by atoms with van der Waals surface area (Å²) in [5.74, 6) is 0.449. The number of carbonyl (C=O) groups excluding carboxylic acids is 2. The number of carbonyl (C=O) groups is 2. The maximum atomic E-state index is 13.1. The summed E-state index contributed by atoms with van der Waals surface area (Å²) in [5.41, 5.74) is 13.2. The Balaban J connectivity index is 0.0000160. The Morgan fingerprint density at radius 2 is 1.66 bits per heavy atom. The van der Waals surface area contributed by atoms with Crippen molar-refractivity contribution in [2.75, 3.05) is 27.4 Å². The fourth-order valence-corrected chi connectivity index (χ4v) is 4.85. The van der Waals surface area contributed by atoms with Crippen LogP contribution in [0.2, 0.25) is 0 Å². The van der Waals surface area contributed by atoms with Gasteiger partial charge in [-0.15, -0.1) is 12.4 Å². The number of primary amides is 1. The van der Waals surface area contributed by atoms with Crippen molar-refractivity contribution in [1.82, 2.24) is 5.32 Å². The van der Waals surface area contributed by atoms with E-state index in [1.807, 2.05) is 45.9 Å². The smallest absolute Gasteiger partial charge is 0.240 e. The first-order valence-electron chi connectivity index (χ1n) is 14.7. The van der Waals surface area contributed by atoms with Gasteiger partial charge in [0.1, 0.15) is 6.04 Å². The van der Waals surface area contributed by atoms with Crippen molar-refractivity contribution in [3.05, 3.63) is 23.8 Å². The Morgan fingerprint density at radius 1 is 1.00 bits per heavy atom. The average molecular weight is 602 g/mol. The maximum absolute atomic E-state index is 13.1. The molecule has 0 aliphatic carbocycles. The van der Waals surface area contributed by atoms with E-state index in [2.05, 4.69) is 19.2 Å². The zero-order valence-corrected chi connectivity index (χ0v) is 27.2. The lowest BCUT2D eigenvalue weighted by Crippen LogP contribution is -2.51. The van der Waals surface area contributed by atoms with Gasteiger partial charge in [-0.3, -0.25) is 9.59 Å². The summed E-state index contributed by atoms with van der Waals surface area (Å²) in [5, 5.41) is 13.9. The second-order valence-electron chi connectivity index (χ2n) is 11.7. The van der Waals surface area contributed by atoms with E-state index in [0.717, 1.165) is 18.4 Å². The predicted octanol–water partition coefficient (Wildman–Crippen LogP) is 4.10. The van der Waals surface area contributed by atoms with Crippen molar-refractivity contribution < 1.29 is 28.9 Å². The number of nitrogens with one attached hydrogen (secondary N) is 1. The highest BCUT2D eigenvalue weighted by Gasteiger charge is 2.32. The van der Waals surface area contributed by atoms with Crippen molar-refractivity contribution in [3.8, 4) is 11.5 Å². The lowest BCUT2D eigenvalue weighted by Gasteiger charge is -2.31. The number of halogens is 1. The Labute approximate surface area is 253 Å². The molecule has 1 aromatic carbocycles. The average Bonchev–Trinajstić information content (AvgIpc) is 2.91. The van der Waals surface area contributed by atoms with E-state index in [9.17, 15) is 14.7 Å². The Bertz CT molecular complexity index is 901. The first kappa shape index (κ1) is 38.9. The Morgan fingerprint density at radius 3 is 2.17 bits per heavy atom. The van der Waals surface area contributed by atoms with Gasteiger partial charge < -0.3 is 36.1 Å². The molecule has 10 heteroatoms. The van der Waals surface area contributed by atoms with E-state index in [4.69, 9.17) is 25.7 Å². The van der Waals surface area contributed by atoms with E-state index < -0.39 is 30.0 Å². The second-order valence-corrected chi connectivity index (χ2v) is 11.7. The number of benzene rings is 1. The number of rotatable bonds is 20. The normalized spacial score (nSPS) is 15.8. The summed E-state index contributed by atoms with van der Waals surface area (Å²) in [7, 11) is 3.29. The monoisotopic (exact) mass is 601 g/mol. The van der Waals surface area contributed by atoms with E-state index >= 15 is 0 Å². The second kappa shape index (κ2) is 19.9. The molecular weight excluding hydrogens is 546 g/mol. The van der Waals surface area contributed by atoms with Gasteiger partial charge in [0.25, 0.3) is 0 Å². The van der Waals surface area contributed by atoms with Crippen LogP contribution in [0.5, 0.6) is 11.5 Å². The summed E-state index contributed by atoms with van der Waals surface area (Å²) >= 11 is 0. The number of aliphatic hydroxyl groups is 1. The number of amides is 2. The summed E-state index contributed by atoms with van der Waals surface area (Å²) in [6.07, 6.45) is 2.19. The SMILES string of the molecule is CC[C@H](C)[C@H](NC(=O)[C@@H](C[C@H](O)[C@@H](N)C[C@H](Cc1ccc(OC)c(OCCCOC)c1)C(C)C)C(C)C)C(N)=O.Cl. The minimum atomic E-state index is -0.870. The highest BCUT2D eigenvalue weighted by Crippen LogP contribution is 2.32. The molecule has 0 saturated heterocycles. The molecule has 238 valence electrons. The Kier molecular flexibility index (Phi) is 18.9. The fraction of sp³-hybridized carbons (Fsp3) is 0.742. The molecule has 0 heterocycles. The maximum Gasteiger partial charge on any atom is 0.240 e. The van der Waals surface area contributed by atoms with Gasteiger partial charge in [0.15, 0.2) is 11.5 Å². The Hall–Kier alpha value is -2.07. The largest absolute Gasteiger partial charge is 0.493 e. The highest BCUT2D eigenvalue weighted by atomic mass is 35.5. The molecule has 0 aliphatic rings. The summed E-state index contributed by atoms with van der Waals surface area (Å²) in [6.45, 7) is 13.2. The van der Waals surface area contributed by atoms with Crippen LogP contribution in [0.25, 0.3) is 0 Å². The summed E-state index contributed by atoms with van der Waals surface area (Å²) < 4.78 is 16.5. The van der Waals surface area contributed by atoms with Gasteiger partial charge in [0.05, 0.1) is 19.8 Å². The van der Waals surface area contributed by atoms with Crippen molar-refractivity contribution >= 4 is 24.2 Å². The van der Waals surface area contributed by atoms with Gasteiger partial charge >= 0.3 is 0 Å². The first-order valence-corrected chi connectivity index (χ1v) is 14.7. The van der Waals surface area contributed by atoms with Crippen LogP contribution in [0.4, 0.5) is 0 Å². The molecule has 0 aromatic heterocycles. The van der Waals surface area contributed by atoms with E-state index in [1.165, 1.54) is 0 Å². The van der Waals surface area contributed by atoms with Crippen molar-refractivity contribution in [1.29, 1.82) is 0 Å². The third-order valence-corrected chi connectivity index (χ3v) is 7.94. The van der Waals surface area contributed by atoms with Crippen LogP contribution in [0.3, 0.4) is 0 Å². The van der Waals surface area contributed by atoms with Gasteiger partial charge in [0.2, 0.25) is 11.8 Å². The number of hydrogen-bond donors (Lipinski definition) is 4. The van der Waals surface area contributed by atoms with Crippen molar-refractivity contribution in [2.45, 2.75) is 91.8 Å². The molecule has 0 aliphatic heterocycles. The third-order valence-electron chi connectivity index (χ3n) is 7.94. The molecule has 6 N–H and O–H groups in total. The number of methoxy groups -OCH3 is 2. The molecule has 1 aromatic rings. The molecule has 9 nitrogen and oxygen atoms in total. The minimum absolute atomic E-state index is 0. The molecule has 0 spiro atoms. The van der Waals surface area contributed by atoms with Crippen LogP contribution < -0.4 is 26.3 Å². The minimum Gasteiger partial charge on any atom is -0.493 e. The molecule has 2 amide bonds. The summed E-state index contributed by atoms with van der Waals surface area (Å²) in [4.78, 5) is 25.1. The van der Waals surface area contributed by atoms with Gasteiger partial charge in [-0.25, -0.2) is 0 Å². The summed E-state index contributed by atoms with van der Waals surface area (Å²) in [6, 6.07) is 4.70. The predicted molar refractivity (Wildman–Crippen MR) is 166 cm³/mol. The van der Waals surface area contributed by atoms with Crippen LogP contribution in [0.1, 0.15) is 72.8 Å². The third kappa shape index (κ3) is 13.2. The fourth-order valence-electron chi connectivity index (χ4n) is 4.85. The standard InChI is InChI=1S/C31H55N3O6.ClH/c1-9-21(6)29(30(33)36)34-31(37)24(20(4)5)18-26(35)25(32)17-23(19(2)3)15-22-11-12-27(39-8)28(16-22)40-14-10-13-38-7;/h11-12,16,19-21,23-26,29,35H,9-10,13-15,17-18,32H2,1-8H3,(H2,33,36)(H,34,37);1H/t21-,23-,24-,25-,26-,29-;/m0./s1. The zero-order chi connectivity index (χ0) is 30.4. The van der Waals surface area contributed by atoms with Crippen LogP contribution in [0, 0.1) is 29.6 Å². The molecule has 1 rings (SSSR count). The molecule has 0 radical (unpaired) electrons. The van der Waals surface area contributed by atoms with E-state index in [-0.39, 0.29) is 42.5 Å². The molecule has 0 saturated carbocycles.